The average Bonchev–Trinajstić information content (AvgIpc) is 2.35. The molecule has 1 heterocycles. The Morgan fingerprint density at radius 1 is 1.12 bits per heavy atom. The molecule has 0 fully saturated rings. The molecule has 6 heteroatoms. The van der Waals surface area contributed by atoms with E-state index in [0.717, 1.165) is 0 Å². The summed E-state index contributed by atoms with van der Waals surface area (Å²) in [7, 11) is 0. The minimum atomic E-state index is -0.409. The highest BCUT2D eigenvalue weighted by atomic mass is 35.5. The smallest absolute Gasteiger partial charge is 0.276 e. The second kappa shape index (κ2) is 5.12. The predicted octanol–water partition coefficient (Wildman–Crippen LogP) is 3.04. The largest absolute Gasteiger partial charge is 0.318 e. The number of halogens is 2. The van der Waals surface area contributed by atoms with Crippen LogP contribution in [0, 0.1) is 0 Å². The lowest BCUT2D eigenvalue weighted by molar-refractivity contribution is 0.102. The molecule has 0 spiro atoms. The SMILES string of the molecule is O=C(Nc1c(Cl)cccc1Cl)c1cccnn1. The molecule has 86 valence electrons. The highest BCUT2D eigenvalue weighted by molar-refractivity contribution is 6.39. The lowest BCUT2D eigenvalue weighted by Crippen LogP contribution is -2.14. The van der Waals surface area contributed by atoms with Crippen LogP contribution in [0.2, 0.25) is 10.0 Å². The molecule has 0 radical (unpaired) electrons. The molecular formula is C11H7Cl2N3O. The van der Waals surface area contributed by atoms with Crippen LogP contribution >= 0.6 is 23.2 Å². The van der Waals surface area contributed by atoms with Gasteiger partial charge in [0, 0.05) is 6.20 Å². The number of aromatic nitrogens is 2. The van der Waals surface area contributed by atoms with Gasteiger partial charge in [-0.05, 0) is 24.3 Å². The van der Waals surface area contributed by atoms with Crippen LogP contribution < -0.4 is 5.32 Å². The number of hydrogen-bond acceptors (Lipinski definition) is 3. The van der Waals surface area contributed by atoms with Crippen LogP contribution in [0.4, 0.5) is 5.69 Å². The maximum absolute atomic E-state index is 11.8. The molecule has 1 N–H and O–H groups in total. The second-order valence-electron chi connectivity index (χ2n) is 3.16. The fourth-order valence-corrected chi connectivity index (χ4v) is 1.71. The van der Waals surface area contributed by atoms with Gasteiger partial charge >= 0.3 is 0 Å². The van der Waals surface area contributed by atoms with Crippen LogP contribution in [0.3, 0.4) is 0 Å². The minimum absolute atomic E-state index is 0.198. The number of rotatable bonds is 2. The molecule has 0 atom stereocenters. The minimum Gasteiger partial charge on any atom is -0.318 e. The monoisotopic (exact) mass is 267 g/mol. The van der Waals surface area contributed by atoms with Crippen LogP contribution in [0.5, 0.6) is 0 Å². The van der Waals surface area contributed by atoms with Gasteiger partial charge in [-0.25, -0.2) is 0 Å². The van der Waals surface area contributed by atoms with Gasteiger partial charge < -0.3 is 5.32 Å². The normalized spacial score (nSPS) is 10.0. The van der Waals surface area contributed by atoms with Crippen molar-refractivity contribution in [3.8, 4) is 0 Å². The fourth-order valence-electron chi connectivity index (χ4n) is 1.22. The van der Waals surface area contributed by atoms with Gasteiger partial charge in [0.25, 0.3) is 5.91 Å². The van der Waals surface area contributed by atoms with E-state index in [9.17, 15) is 4.79 Å². The number of nitrogens with one attached hydrogen (secondary N) is 1. The molecule has 0 aliphatic rings. The number of hydrogen-bond donors (Lipinski definition) is 1. The molecule has 0 unspecified atom stereocenters. The van der Waals surface area contributed by atoms with Crippen LogP contribution in [0.15, 0.2) is 36.5 Å². The third-order valence-electron chi connectivity index (χ3n) is 2.01. The Hall–Kier alpha value is -1.65. The lowest BCUT2D eigenvalue weighted by Gasteiger charge is -2.07. The van der Waals surface area contributed by atoms with Crippen molar-refractivity contribution in [1.82, 2.24) is 10.2 Å². The van der Waals surface area contributed by atoms with E-state index in [1.165, 1.54) is 6.20 Å². The molecule has 0 aliphatic heterocycles. The maximum Gasteiger partial charge on any atom is 0.276 e. The van der Waals surface area contributed by atoms with Crippen molar-refractivity contribution < 1.29 is 4.79 Å². The number of amides is 1. The Bertz CT molecular complexity index is 525. The molecule has 4 nitrogen and oxygen atoms in total. The van der Waals surface area contributed by atoms with E-state index in [0.29, 0.717) is 15.7 Å². The Morgan fingerprint density at radius 3 is 2.41 bits per heavy atom. The van der Waals surface area contributed by atoms with Gasteiger partial charge in [-0.3, -0.25) is 4.79 Å². The molecule has 0 bridgehead atoms. The van der Waals surface area contributed by atoms with Gasteiger partial charge in [0.1, 0.15) is 0 Å². The third kappa shape index (κ3) is 2.72. The fraction of sp³-hybridized carbons (Fsp3) is 0. The zero-order valence-electron chi connectivity index (χ0n) is 8.52. The second-order valence-corrected chi connectivity index (χ2v) is 3.97. The van der Waals surface area contributed by atoms with Crippen molar-refractivity contribution >= 4 is 34.8 Å². The Kier molecular flexibility index (Phi) is 3.56. The summed E-state index contributed by atoms with van der Waals surface area (Å²) in [5.41, 5.74) is 0.565. The van der Waals surface area contributed by atoms with Crippen LogP contribution in [0.1, 0.15) is 10.5 Å². The Balaban J connectivity index is 2.25. The van der Waals surface area contributed by atoms with Gasteiger partial charge in [0.15, 0.2) is 5.69 Å². The van der Waals surface area contributed by atoms with Crippen molar-refractivity contribution in [3.05, 3.63) is 52.3 Å². The molecule has 0 saturated carbocycles. The summed E-state index contributed by atoms with van der Waals surface area (Å²) in [5, 5.41) is 10.6. The zero-order valence-corrected chi connectivity index (χ0v) is 10.0. The summed E-state index contributed by atoms with van der Waals surface area (Å²) >= 11 is 11.9. The number of para-hydroxylation sites is 1. The van der Waals surface area contributed by atoms with Crippen LogP contribution in [0.25, 0.3) is 0 Å². The first-order chi connectivity index (χ1) is 8.18. The lowest BCUT2D eigenvalue weighted by atomic mass is 10.3. The maximum atomic E-state index is 11.8. The Morgan fingerprint density at radius 2 is 1.82 bits per heavy atom. The molecule has 2 aromatic rings. The van der Waals surface area contributed by atoms with Gasteiger partial charge in [-0.2, -0.15) is 5.10 Å². The van der Waals surface area contributed by atoms with Crippen molar-refractivity contribution in [2.75, 3.05) is 5.32 Å². The standard InChI is InChI=1S/C11H7Cl2N3O/c12-7-3-1-4-8(13)10(7)15-11(17)9-5-2-6-14-16-9/h1-6H,(H,15,17). The van der Waals surface area contributed by atoms with Gasteiger partial charge in [-0.1, -0.05) is 29.3 Å². The highest BCUT2D eigenvalue weighted by Crippen LogP contribution is 2.29. The summed E-state index contributed by atoms with van der Waals surface area (Å²) in [6, 6.07) is 8.14. The third-order valence-corrected chi connectivity index (χ3v) is 2.64. The summed E-state index contributed by atoms with van der Waals surface area (Å²) in [5.74, 6) is -0.409. The molecule has 2 rings (SSSR count). The van der Waals surface area contributed by atoms with E-state index < -0.39 is 5.91 Å². The average molecular weight is 268 g/mol. The summed E-state index contributed by atoms with van der Waals surface area (Å²) < 4.78 is 0. The van der Waals surface area contributed by atoms with Gasteiger partial charge in [-0.15, -0.1) is 5.10 Å². The molecular weight excluding hydrogens is 261 g/mol. The molecule has 17 heavy (non-hydrogen) atoms. The summed E-state index contributed by atoms with van der Waals surface area (Å²) in [6.45, 7) is 0. The highest BCUT2D eigenvalue weighted by Gasteiger charge is 2.12. The number of nitrogens with zero attached hydrogens (tertiary/aromatic N) is 2. The first kappa shape index (κ1) is 11.8. The van der Waals surface area contributed by atoms with Gasteiger partial charge in [0.2, 0.25) is 0 Å². The Labute approximate surface area is 108 Å². The van der Waals surface area contributed by atoms with Gasteiger partial charge in [0.05, 0.1) is 15.7 Å². The van der Waals surface area contributed by atoms with Crippen molar-refractivity contribution in [1.29, 1.82) is 0 Å². The predicted molar refractivity (Wildman–Crippen MR) is 66.4 cm³/mol. The topological polar surface area (TPSA) is 54.9 Å². The van der Waals surface area contributed by atoms with E-state index >= 15 is 0 Å². The zero-order chi connectivity index (χ0) is 12.3. The summed E-state index contributed by atoms with van der Waals surface area (Å²) in [4.78, 5) is 11.8. The number of anilines is 1. The molecule has 1 amide bonds. The first-order valence-electron chi connectivity index (χ1n) is 4.71. The molecule has 0 saturated heterocycles. The number of benzene rings is 1. The number of carbonyl (C=O) groups is 1. The quantitative estimate of drug-likeness (QED) is 0.910. The van der Waals surface area contributed by atoms with Crippen molar-refractivity contribution in [2.24, 2.45) is 0 Å². The molecule has 1 aromatic heterocycles. The van der Waals surface area contributed by atoms with Crippen molar-refractivity contribution in [2.45, 2.75) is 0 Å². The van der Waals surface area contributed by atoms with E-state index in [2.05, 4.69) is 15.5 Å². The molecule has 1 aromatic carbocycles. The van der Waals surface area contributed by atoms with E-state index in [1.807, 2.05) is 0 Å². The first-order valence-corrected chi connectivity index (χ1v) is 5.47. The molecule has 0 aliphatic carbocycles. The van der Waals surface area contributed by atoms with E-state index in [-0.39, 0.29) is 5.69 Å². The number of carbonyl (C=O) groups excluding carboxylic acids is 1. The van der Waals surface area contributed by atoms with Crippen molar-refractivity contribution in [3.63, 3.8) is 0 Å². The van der Waals surface area contributed by atoms with Crippen LogP contribution in [-0.4, -0.2) is 16.1 Å². The van der Waals surface area contributed by atoms with E-state index in [1.54, 1.807) is 30.3 Å². The van der Waals surface area contributed by atoms with E-state index in [4.69, 9.17) is 23.2 Å². The van der Waals surface area contributed by atoms with Crippen LogP contribution in [-0.2, 0) is 0 Å². The summed E-state index contributed by atoms with van der Waals surface area (Å²) in [6.07, 6.45) is 1.49.